The molecule has 4 rings (SSSR count). The minimum Gasteiger partial charge on any atom is -0.448 e. The lowest BCUT2D eigenvalue weighted by Gasteiger charge is -2.41. The predicted molar refractivity (Wildman–Crippen MR) is 91.2 cm³/mol. The monoisotopic (exact) mass is 333 g/mol. The summed E-state index contributed by atoms with van der Waals surface area (Å²) in [5.74, 6) is -0.102. The Morgan fingerprint density at radius 1 is 1.08 bits per heavy atom. The third-order valence-electron chi connectivity index (χ3n) is 8.10. The van der Waals surface area contributed by atoms with Gasteiger partial charge in [0.25, 0.3) is 5.91 Å². The number of fused-ring (bicyclic) bond motifs is 4. The van der Waals surface area contributed by atoms with Gasteiger partial charge in [-0.25, -0.2) is 0 Å². The Morgan fingerprint density at radius 2 is 1.75 bits per heavy atom. The Labute approximate surface area is 145 Å². The Bertz CT molecular complexity index is 639. The maximum Gasteiger partial charge on any atom is 0.313 e. The molecule has 24 heavy (non-hydrogen) atoms. The fraction of sp³-hybridized carbons (Fsp3) is 0.900. The van der Waals surface area contributed by atoms with E-state index in [0.717, 1.165) is 32.2 Å². The molecule has 134 valence electrons. The topological polar surface area (TPSA) is 46.6 Å². The molecule has 0 aromatic heterocycles. The molecule has 4 fully saturated rings. The van der Waals surface area contributed by atoms with Gasteiger partial charge in [-0.15, -0.1) is 0 Å². The number of esters is 1. The van der Waals surface area contributed by atoms with E-state index >= 15 is 0 Å². The van der Waals surface area contributed by atoms with Crippen molar-refractivity contribution in [1.82, 2.24) is 4.90 Å². The van der Waals surface area contributed by atoms with Crippen molar-refractivity contribution in [3.8, 4) is 0 Å². The maximum absolute atomic E-state index is 13.7. The smallest absolute Gasteiger partial charge is 0.313 e. The number of nitrogens with zero attached hydrogens (tertiary/aromatic N) is 1. The average Bonchev–Trinajstić information content (AvgIpc) is 2.86. The van der Waals surface area contributed by atoms with Crippen molar-refractivity contribution in [1.29, 1.82) is 0 Å². The second-order valence-electron chi connectivity index (χ2n) is 10.8. The van der Waals surface area contributed by atoms with E-state index in [1.54, 1.807) is 0 Å². The molecule has 4 heteroatoms. The summed E-state index contributed by atoms with van der Waals surface area (Å²) >= 11 is 0. The minimum atomic E-state index is -0.948. The zero-order valence-corrected chi connectivity index (χ0v) is 16.0. The Morgan fingerprint density at radius 3 is 2.29 bits per heavy atom. The highest BCUT2D eigenvalue weighted by Gasteiger charge is 2.76. The van der Waals surface area contributed by atoms with E-state index in [0.29, 0.717) is 12.5 Å². The quantitative estimate of drug-likeness (QED) is 0.690. The molecule has 4 aliphatic rings. The van der Waals surface area contributed by atoms with Gasteiger partial charge in [0.05, 0.1) is 5.41 Å². The van der Waals surface area contributed by atoms with Crippen LogP contribution in [0.25, 0.3) is 0 Å². The van der Waals surface area contributed by atoms with Crippen LogP contribution in [-0.4, -0.2) is 35.0 Å². The summed E-state index contributed by atoms with van der Waals surface area (Å²) in [6, 6.07) is 0.294. The third-order valence-corrected chi connectivity index (χ3v) is 8.10. The lowest BCUT2D eigenvalue weighted by molar-refractivity contribution is -0.174. The SMILES string of the molecule is CC1(C)C[C@@H]2C[C@](C)(CN2C(=O)[C@]23CC[C@](C)(C(=O)O2)C3(C)C)C1. The van der Waals surface area contributed by atoms with Crippen LogP contribution in [0.5, 0.6) is 0 Å². The molecule has 4 atom stereocenters. The highest BCUT2D eigenvalue weighted by Crippen LogP contribution is 2.66. The molecule has 0 radical (unpaired) electrons. The van der Waals surface area contributed by atoms with Crippen molar-refractivity contribution in [3.05, 3.63) is 0 Å². The number of hydrogen-bond donors (Lipinski definition) is 0. The van der Waals surface area contributed by atoms with E-state index in [-0.39, 0.29) is 22.7 Å². The molecule has 2 saturated heterocycles. The lowest BCUT2D eigenvalue weighted by Crippen LogP contribution is -2.56. The van der Waals surface area contributed by atoms with Crippen molar-refractivity contribution in [2.24, 2.45) is 21.7 Å². The van der Waals surface area contributed by atoms with Crippen LogP contribution in [0.2, 0.25) is 0 Å². The normalized spacial score (nSPS) is 47.8. The van der Waals surface area contributed by atoms with Crippen molar-refractivity contribution < 1.29 is 14.3 Å². The molecule has 2 aliphatic heterocycles. The molecule has 0 aromatic carbocycles. The van der Waals surface area contributed by atoms with E-state index in [1.807, 2.05) is 6.92 Å². The molecule has 2 heterocycles. The third kappa shape index (κ3) is 1.70. The lowest BCUT2D eigenvalue weighted by atomic mass is 9.65. The molecule has 0 unspecified atom stereocenters. The Balaban J connectivity index is 1.70. The number of carbonyl (C=O) groups is 2. The van der Waals surface area contributed by atoms with Crippen LogP contribution in [0.4, 0.5) is 0 Å². The van der Waals surface area contributed by atoms with Crippen molar-refractivity contribution in [2.75, 3.05) is 6.54 Å². The van der Waals surface area contributed by atoms with E-state index in [4.69, 9.17) is 4.74 Å². The summed E-state index contributed by atoms with van der Waals surface area (Å²) < 4.78 is 5.84. The van der Waals surface area contributed by atoms with Crippen LogP contribution in [-0.2, 0) is 14.3 Å². The van der Waals surface area contributed by atoms with Gasteiger partial charge >= 0.3 is 5.97 Å². The zero-order valence-electron chi connectivity index (χ0n) is 16.0. The van der Waals surface area contributed by atoms with Crippen molar-refractivity contribution in [2.45, 2.75) is 85.3 Å². The predicted octanol–water partition coefficient (Wildman–Crippen LogP) is 3.54. The van der Waals surface area contributed by atoms with Gasteiger partial charge in [0.2, 0.25) is 0 Å². The maximum atomic E-state index is 13.7. The van der Waals surface area contributed by atoms with E-state index in [2.05, 4.69) is 39.5 Å². The van der Waals surface area contributed by atoms with Gasteiger partial charge in [-0.3, -0.25) is 9.59 Å². The Hall–Kier alpha value is -1.06. The first-order chi connectivity index (χ1) is 10.9. The van der Waals surface area contributed by atoms with Crippen LogP contribution < -0.4 is 0 Å². The second kappa shape index (κ2) is 4.19. The zero-order chi connectivity index (χ0) is 17.8. The highest BCUT2D eigenvalue weighted by atomic mass is 16.6. The summed E-state index contributed by atoms with van der Waals surface area (Å²) in [5.41, 5.74) is -1.44. The molecule has 0 spiro atoms. The van der Waals surface area contributed by atoms with Crippen LogP contribution in [0, 0.1) is 21.7 Å². The van der Waals surface area contributed by atoms with Gasteiger partial charge in [-0.1, -0.05) is 34.6 Å². The minimum absolute atomic E-state index is 0.0773. The molecule has 0 N–H and O–H groups in total. The number of rotatable bonds is 1. The largest absolute Gasteiger partial charge is 0.448 e. The molecular weight excluding hydrogens is 302 g/mol. The number of likely N-dealkylation sites (tertiary alicyclic amines) is 1. The molecule has 2 saturated carbocycles. The van der Waals surface area contributed by atoms with Crippen LogP contribution >= 0.6 is 0 Å². The van der Waals surface area contributed by atoms with E-state index in [9.17, 15) is 9.59 Å². The van der Waals surface area contributed by atoms with Gasteiger partial charge in [-0.2, -0.15) is 0 Å². The number of carbonyl (C=O) groups excluding carboxylic acids is 2. The fourth-order valence-electron chi connectivity index (χ4n) is 6.65. The van der Waals surface area contributed by atoms with Crippen molar-refractivity contribution in [3.63, 3.8) is 0 Å². The summed E-state index contributed by atoms with van der Waals surface area (Å²) in [4.78, 5) is 28.3. The summed E-state index contributed by atoms with van der Waals surface area (Å²) in [5, 5.41) is 0. The number of hydrogen-bond acceptors (Lipinski definition) is 3. The summed E-state index contributed by atoms with van der Waals surface area (Å²) in [7, 11) is 0. The van der Waals surface area contributed by atoms with Gasteiger partial charge in [0.15, 0.2) is 5.60 Å². The first kappa shape index (κ1) is 16.4. The highest BCUT2D eigenvalue weighted by molar-refractivity contribution is 5.96. The molecular formula is C20H31NO3. The summed E-state index contributed by atoms with van der Waals surface area (Å²) in [6.07, 6.45) is 4.73. The van der Waals surface area contributed by atoms with Gasteiger partial charge in [0.1, 0.15) is 0 Å². The van der Waals surface area contributed by atoms with Crippen LogP contribution in [0.3, 0.4) is 0 Å². The molecule has 4 bridgehead atoms. The number of ether oxygens (including phenoxy) is 1. The second-order valence-corrected chi connectivity index (χ2v) is 10.8. The molecule has 1 amide bonds. The summed E-state index contributed by atoms with van der Waals surface area (Å²) in [6.45, 7) is 13.8. The van der Waals surface area contributed by atoms with E-state index in [1.165, 1.54) is 0 Å². The van der Waals surface area contributed by atoms with Crippen LogP contribution in [0.15, 0.2) is 0 Å². The Kier molecular flexibility index (Phi) is 2.86. The van der Waals surface area contributed by atoms with Gasteiger partial charge < -0.3 is 9.64 Å². The molecule has 2 aliphatic carbocycles. The number of amides is 1. The average molecular weight is 333 g/mol. The molecule has 0 aromatic rings. The van der Waals surface area contributed by atoms with E-state index < -0.39 is 16.4 Å². The van der Waals surface area contributed by atoms with Gasteiger partial charge in [-0.05, 0) is 49.9 Å². The standard InChI is InChI=1S/C20H31NO3/c1-16(2)9-13-10-18(5,11-16)12-21(13)14(22)20-8-7-19(6,15(23)24-20)17(20,3)4/h13H,7-12H2,1-6H3/t13-,18+,19-,20+/m1/s1. The van der Waals surface area contributed by atoms with Crippen LogP contribution in [0.1, 0.15) is 73.6 Å². The first-order valence-electron chi connectivity index (χ1n) is 9.41. The first-order valence-corrected chi connectivity index (χ1v) is 9.41. The molecule has 4 nitrogen and oxygen atoms in total. The van der Waals surface area contributed by atoms with Gasteiger partial charge in [0, 0.05) is 18.0 Å². The fourth-order valence-corrected chi connectivity index (χ4v) is 6.65. The van der Waals surface area contributed by atoms with Crippen molar-refractivity contribution >= 4 is 11.9 Å².